The molecular weight excluding hydrogens is 358 g/mol. The maximum Gasteiger partial charge on any atom is 0.325 e. The van der Waals surface area contributed by atoms with E-state index in [4.69, 9.17) is 4.42 Å². The molecule has 0 bridgehead atoms. The van der Waals surface area contributed by atoms with Crippen molar-refractivity contribution in [2.24, 2.45) is 11.3 Å². The molecule has 1 unspecified atom stereocenters. The van der Waals surface area contributed by atoms with Gasteiger partial charge in [-0.05, 0) is 56.1 Å². The van der Waals surface area contributed by atoms with Crippen molar-refractivity contribution < 1.29 is 18.8 Å². The van der Waals surface area contributed by atoms with E-state index in [9.17, 15) is 14.4 Å². The zero-order valence-corrected chi connectivity index (χ0v) is 17.4. The number of amides is 4. The maximum absolute atomic E-state index is 13.1. The molecule has 1 saturated carbocycles. The average Bonchev–Trinajstić information content (AvgIpc) is 3.24. The Bertz CT molecular complexity index is 742. The van der Waals surface area contributed by atoms with Crippen LogP contribution < -0.4 is 5.32 Å². The summed E-state index contributed by atoms with van der Waals surface area (Å²) in [6, 6.07) is 2.82. The molecule has 1 atom stereocenters. The smallest absolute Gasteiger partial charge is 0.325 e. The molecular formula is C21H31N3O4. The van der Waals surface area contributed by atoms with Crippen molar-refractivity contribution in [3.05, 3.63) is 24.2 Å². The number of carbonyl (C=O) groups is 3. The highest BCUT2D eigenvalue weighted by atomic mass is 16.3. The molecule has 1 spiro atoms. The van der Waals surface area contributed by atoms with E-state index in [-0.39, 0.29) is 29.8 Å². The van der Waals surface area contributed by atoms with Gasteiger partial charge in [-0.25, -0.2) is 4.79 Å². The fraction of sp³-hybridized carbons (Fsp3) is 0.667. The van der Waals surface area contributed by atoms with Crippen LogP contribution in [0.2, 0.25) is 0 Å². The molecule has 3 rings (SSSR count). The molecule has 2 aliphatic rings. The summed E-state index contributed by atoms with van der Waals surface area (Å²) in [4.78, 5) is 40.8. The van der Waals surface area contributed by atoms with Gasteiger partial charge in [0.1, 0.15) is 17.8 Å². The fourth-order valence-corrected chi connectivity index (χ4v) is 4.32. The summed E-state index contributed by atoms with van der Waals surface area (Å²) in [7, 11) is 1.65. The third kappa shape index (κ3) is 3.66. The number of likely N-dealkylation sites (N-methyl/N-ethyl adjacent to an activating group) is 1. The van der Waals surface area contributed by atoms with Gasteiger partial charge in [0.25, 0.3) is 5.91 Å². The summed E-state index contributed by atoms with van der Waals surface area (Å²) in [5, 5.41) is 2.89. The first-order valence-corrected chi connectivity index (χ1v) is 9.98. The normalized spacial score (nSPS) is 26.5. The van der Waals surface area contributed by atoms with Gasteiger partial charge in [-0.2, -0.15) is 0 Å². The number of imide groups is 1. The van der Waals surface area contributed by atoms with Crippen LogP contribution in [0, 0.1) is 11.3 Å². The van der Waals surface area contributed by atoms with E-state index in [0.29, 0.717) is 24.5 Å². The Kier molecular flexibility index (Phi) is 5.30. The molecule has 1 aromatic heterocycles. The summed E-state index contributed by atoms with van der Waals surface area (Å²) in [6.45, 7) is 8.23. The van der Waals surface area contributed by atoms with Gasteiger partial charge >= 0.3 is 6.03 Å². The van der Waals surface area contributed by atoms with E-state index in [0.717, 1.165) is 17.7 Å². The molecule has 1 aliphatic carbocycles. The van der Waals surface area contributed by atoms with Gasteiger partial charge in [0.05, 0.1) is 12.3 Å². The van der Waals surface area contributed by atoms with Crippen LogP contribution in [0.4, 0.5) is 4.79 Å². The van der Waals surface area contributed by atoms with Crippen molar-refractivity contribution >= 4 is 17.8 Å². The lowest BCUT2D eigenvalue weighted by atomic mass is 9.67. The van der Waals surface area contributed by atoms with Crippen LogP contribution in [0.5, 0.6) is 0 Å². The first kappa shape index (κ1) is 20.4. The Hall–Kier alpha value is -2.31. The van der Waals surface area contributed by atoms with Gasteiger partial charge in [0.15, 0.2) is 0 Å². The highest BCUT2D eigenvalue weighted by Crippen LogP contribution is 2.43. The van der Waals surface area contributed by atoms with Crippen molar-refractivity contribution in [3.8, 4) is 0 Å². The molecule has 1 aliphatic heterocycles. The largest absolute Gasteiger partial charge is 0.467 e. The van der Waals surface area contributed by atoms with Crippen molar-refractivity contribution in [2.45, 2.75) is 65.0 Å². The van der Waals surface area contributed by atoms with Crippen LogP contribution in [0.1, 0.15) is 65.2 Å². The highest BCUT2D eigenvalue weighted by Gasteiger charge is 2.53. The summed E-state index contributed by atoms with van der Waals surface area (Å²) in [5.74, 6) is 0.619. The standard InChI is InChI=1S/C21H31N3O4/c1-14(16-7-6-12-28-16)23(5)17(25)13-24-18(26)21(22-19(24)27)10-8-15(9-11-21)20(2,3)4/h6-7,12,14-15H,8-11,13H2,1-5H3,(H,22,27). The van der Waals surface area contributed by atoms with Gasteiger partial charge < -0.3 is 14.6 Å². The van der Waals surface area contributed by atoms with Crippen LogP contribution in [-0.4, -0.2) is 46.8 Å². The summed E-state index contributed by atoms with van der Waals surface area (Å²) in [6.07, 6.45) is 4.60. The predicted octanol–water partition coefficient (Wildman–Crippen LogP) is 3.33. The van der Waals surface area contributed by atoms with Gasteiger partial charge in [0, 0.05) is 7.05 Å². The Balaban J connectivity index is 1.65. The number of hydrogen-bond acceptors (Lipinski definition) is 4. The maximum atomic E-state index is 13.1. The van der Waals surface area contributed by atoms with Crippen LogP contribution in [0.3, 0.4) is 0 Å². The van der Waals surface area contributed by atoms with E-state index < -0.39 is 11.6 Å². The topological polar surface area (TPSA) is 82.9 Å². The van der Waals surface area contributed by atoms with Gasteiger partial charge in [-0.1, -0.05) is 20.8 Å². The van der Waals surface area contributed by atoms with Crippen molar-refractivity contribution in [2.75, 3.05) is 13.6 Å². The number of furan rings is 1. The quantitative estimate of drug-likeness (QED) is 0.801. The van der Waals surface area contributed by atoms with Crippen LogP contribution in [-0.2, 0) is 9.59 Å². The van der Waals surface area contributed by atoms with Crippen molar-refractivity contribution in [1.82, 2.24) is 15.1 Å². The molecule has 2 heterocycles. The second-order valence-electron chi connectivity index (χ2n) is 9.24. The fourth-order valence-electron chi connectivity index (χ4n) is 4.32. The number of nitrogens with one attached hydrogen (secondary N) is 1. The summed E-state index contributed by atoms with van der Waals surface area (Å²) < 4.78 is 5.35. The average molecular weight is 389 g/mol. The molecule has 1 N–H and O–H groups in total. The molecule has 7 heteroatoms. The van der Waals surface area contributed by atoms with E-state index >= 15 is 0 Å². The number of nitrogens with zero attached hydrogens (tertiary/aromatic N) is 2. The second kappa shape index (κ2) is 7.26. The molecule has 1 saturated heterocycles. The van der Waals surface area contributed by atoms with E-state index in [1.165, 1.54) is 4.90 Å². The van der Waals surface area contributed by atoms with Gasteiger partial charge in [-0.15, -0.1) is 0 Å². The Morgan fingerprint density at radius 1 is 1.36 bits per heavy atom. The zero-order chi connectivity index (χ0) is 20.7. The molecule has 0 radical (unpaired) electrons. The minimum Gasteiger partial charge on any atom is -0.467 e. The molecule has 7 nitrogen and oxygen atoms in total. The van der Waals surface area contributed by atoms with Gasteiger partial charge in [-0.3, -0.25) is 14.5 Å². The van der Waals surface area contributed by atoms with Crippen LogP contribution in [0.25, 0.3) is 0 Å². The van der Waals surface area contributed by atoms with Gasteiger partial charge in [0.2, 0.25) is 5.91 Å². The van der Waals surface area contributed by atoms with Crippen molar-refractivity contribution in [3.63, 3.8) is 0 Å². The molecule has 28 heavy (non-hydrogen) atoms. The zero-order valence-electron chi connectivity index (χ0n) is 17.4. The molecule has 154 valence electrons. The first-order chi connectivity index (χ1) is 13.0. The number of rotatable bonds is 4. The molecule has 4 amide bonds. The Labute approximate surface area is 166 Å². The molecule has 1 aromatic rings. The number of hydrogen-bond donors (Lipinski definition) is 1. The minimum atomic E-state index is -0.843. The predicted molar refractivity (Wildman–Crippen MR) is 104 cm³/mol. The van der Waals surface area contributed by atoms with Crippen LogP contribution >= 0.6 is 0 Å². The monoisotopic (exact) mass is 389 g/mol. The minimum absolute atomic E-state index is 0.188. The van der Waals surface area contributed by atoms with Crippen LogP contribution in [0.15, 0.2) is 22.8 Å². The number of urea groups is 1. The molecule has 0 aromatic carbocycles. The van der Waals surface area contributed by atoms with E-state index in [1.807, 2.05) is 6.92 Å². The lowest BCUT2D eigenvalue weighted by Gasteiger charge is -2.40. The number of carbonyl (C=O) groups excluding carboxylic acids is 3. The Morgan fingerprint density at radius 3 is 2.54 bits per heavy atom. The lowest BCUT2D eigenvalue weighted by Crippen LogP contribution is -2.51. The molecule has 2 fully saturated rings. The summed E-state index contributed by atoms with van der Waals surface area (Å²) in [5.41, 5.74) is -0.655. The first-order valence-electron chi connectivity index (χ1n) is 9.98. The van der Waals surface area contributed by atoms with Crippen molar-refractivity contribution in [1.29, 1.82) is 0 Å². The second-order valence-corrected chi connectivity index (χ2v) is 9.24. The SMILES string of the molecule is CC(c1ccco1)N(C)C(=O)CN1C(=O)NC2(CCC(C(C)(C)C)CC2)C1=O. The third-order valence-electron chi connectivity index (χ3n) is 6.53. The van der Waals surface area contributed by atoms with E-state index in [1.54, 1.807) is 25.4 Å². The highest BCUT2D eigenvalue weighted by molar-refractivity contribution is 6.09. The third-order valence-corrected chi connectivity index (χ3v) is 6.53. The Morgan fingerprint density at radius 2 is 2.00 bits per heavy atom. The summed E-state index contributed by atoms with van der Waals surface area (Å²) >= 11 is 0. The lowest BCUT2D eigenvalue weighted by molar-refractivity contribution is -0.140. The van der Waals surface area contributed by atoms with E-state index in [2.05, 4.69) is 26.1 Å².